The van der Waals surface area contributed by atoms with Crippen LogP contribution in [-0.2, 0) is 6.54 Å². The van der Waals surface area contributed by atoms with E-state index in [0.717, 1.165) is 24.7 Å². The summed E-state index contributed by atoms with van der Waals surface area (Å²) in [4.78, 5) is 2.35. The largest absolute Gasteiger partial charge is 0.319 e. The van der Waals surface area contributed by atoms with E-state index < -0.39 is 0 Å². The van der Waals surface area contributed by atoms with Gasteiger partial charge in [-0.25, -0.2) is 0 Å². The van der Waals surface area contributed by atoms with Crippen molar-refractivity contribution in [1.29, 1.82) is 0 Å². The van der Waals surface area contributed by atoms with Crippen LogP contribution in [0.2, 0.25) is 5.02 Å². The minimum Gasteiger partial charge on any atom is -0.319 e. The normalized spacial score (nSPS) is 12.1. The summed E-state index contributed by atoms with van der Waals surface area (Å²) < 4.78 is 0. The first-order chi connectivity index (χ1) is 7.93. The average Bonchev–Trinajstić information content (AvgIpc) is 2.20. The van der Waals surface area contributed by atoms with E-state index in [1.165, 1.54) is 5.56 Å². The summed E-state index contributed by atoms with van der Waals surface area (Å²) in [6, 6.07) is 8.07. The maximum Gasteiger partial charge on any atom is 0.0406 e. The van der Waals surface area contributed by atoms with Crippen molar-refractivity contribution in [2.24, 2.45) is 5.41 Å². The van der Waals surface area contributed by atoms with Gasteiger partial charge in [0.2, 0.25) is 0 Å². The third-order valence-corrected chi connectivity index (χ3v) is 2.97. The van der Waals surface area contributed by atoms with Crippen LogP contribution in [0.15, 0.2) is 24.3 Å². The van der Waals surface area contributed by atoms with Crippen LogP contribution in [0.25, 0.3) is 0 Å². The van der Waals surface area contributed by atoms with Crippen LogP contribution in [0.4, 0.5) is 0 Å². The standard InChI is InChI=1S/C14H23ClN2/c1-14(2,10-16-3)11-17(4)9-12-5-7-13(15)8-6-12/h5-8,16H,9-11H2,1-4H3. The van der Waals surface area contributed by atoms with Crippen molar-refractivity contribution in [2.75, 3.05) is 27.2 Å². The molecule has 0 saturated heterocycles. The molecule has 0 aliphatic carbocycles. The van der Waals surface area contributed by atoms with Crippen molar-refractivity contribution < 1.29 is 0 Å². The molecule has 0 atom stereocenters. The van der Waals surface area contributed by atoms with Gasteiger partial charge in [0.05, 0.1) is 0 Å². The van der Waals surface area contributed by atoms with Crippen molar-refractivity contribution in [3.8, 4) is 0 Å². The lowest BCUT2D eigenvalue weighted by Gasteiger charge is -2.30. The predicted octanol–water partition coefficient (Wildman–Crippen LogP) is 3.02. The molecule has 0 bridgehead atoms. The molecule has 1 aromatic rings. The van der Waals surface area contributed by atoms with E-state index in [1.807, 2.05) is 19.2 Å². The predicted molar refractivity (Wildman–Crippen MR) is 75.5 cm³/mol. The molecule has 0 spiro atoms. The maximum atomic E-state index is 5.87. The number of hydrogen-bond acceptors (Lipinski definition) is 2. The van der Waals surface area contributed by atoms with Crippen molar-refractivity contribution in [2.45, 2.75) is 20.4 Å². The Morgan fingerprint density at radius 2 is 1.82 bits per heavy atom. The molecule has 0 saturated carbocycles. The van der Waals surface area contributed by atoms with E-state index in [4.69, 9.17) is 11.6 Å². The van der Waals surface area contributed by atoms with Crippen molar-refractivity contribution in [3.63, 3.8) is 0 Å². The molecule has 0 amide bonds. The Morgan fingerprint density at radius 3 is 2.35 bits per heavy atom. The number of rotatable bonds is 6. The Morgan fingerprint density at radius 1 is 1.24 bits per heavy atom. The Labute approximate surface area is 110 Å². The quantitative estimate of drug-likeness (QED) is 0.840. The van der Waals surface area contributed by atoms with Crippen molar-refractivity contribution in [1.82, 2.24) is 10.2 Å². The van der Waals surface area contributed by atoms with Gasteiger partial charge >= 0.3 is 0 Å². The average molecular weight is 255 g/mol. The van der Waals surface area contributed by atoms with Gasteiger partial charge in [-0.15, -0.1) is 0 Å². The van der Waals surface area contributed by atoms with Gasteiger partial charge in [0.15, 0.2) is 0 Å². The minimum atomic E-state index is 0.288. The van der Waals surface area contributed by atoms with E-state index in [-0.39, 0.29) is 5.41 Å². The summed E-state index contributed by atoms with van der Waals surface area (Å²) in [7, 11) is 4.16. The highest BCUT2D eigenvalue weighted by atomic mass is 35.5. The van der Waals surface area contributed by atoms with E-state index >= 15 is 0 Å². The van der Waals surface area contributed by atoms with Gasteiger partial charge in [0.25, 0.3) is 0 Å². The molecule has 0 heterocycles. The molecule has 0 aromatic heterocycles. The van der Waals surface area contributed by atoms with E-state index in [2.05, 4.69) is 43.2 Å². The second kappa shape index (κ2) is 6.39. The number of halogens is 1. The van der Waals surface area contributed by atoms with Crippen LogP contribution in [0.1, 0.15) is 19.4 Å². The lowest BCUT2D eigenvalue weighted by molar-refractivity contribution is 0.201. The highest BCUT2D eigenvalue weighted by Crippen LogP contribution is 2.17. The monoisotopic (exact) mass is 254 g/mol. The molecule has 0 fully saturated rings. The molecule has 0 unspecified atom stereocenters. The van der Waals surface area contributed by atoms with Crippen molar-refractivity contribution >= 4 is 11.6 Å². The topological polar surface area (TPSA) is 15.3 Å². The summed E-state index contributed by atoms with van der Waals surface area (Å²) in [5, 5.41) is 4.04. The molecule has 3 heteroatoms. The zero-order valence-corrected chi connectivity index (χ0v) is 12.0. The minimum absolute atomic E-state index is 0.288. The number of hydrogen-bond donors (Lipinski definition) is 1. The summed E-state index contributed by atoms with van der Waals surface area (Å²) in [5.74, 6) is 0. The molecule has 1 rings (SSSR count). The molecule has 0 aliphatic rings. The first-order valence-corrected chi connectivity index (χ1v) is 6.38. The molecule has 17 heavy (non-hydrogen) atoms. The van der Waals surface area contributed by atoms with Crippen LogP contribution in [0, 0.1) is 5.41 Å². The van der Waals surface area contributed by atoms with Gasteiger partial charge in [-0.05, 0) is 37.2 Å². The molecule has 0 aliphatic heterocycles. The van der Waals surface area contributed by atoms with Gasteiger partial charge in [-0.1, -0.05) is 37.6 Å². The third-order valence-electron chi connectivity index (χ3n) is 2.72. The highest BCUT2D eigenvalue weighted by molar-refractivity contribution is 6.30. The molecule has 0 radical (unpaired) electrons. The van der Waals surface area contributed by atoms with Gasteiger partial charge < -0.3 is 10.2 Å². The third kappa shape index (κ3) is 5.53. The van der Waals surface area contributed by atoms with Crippen LogP contribution < -0.4 is 5.32 Å². The SMILES string of the molecule is CNCC(C)(C)CN(C)Cc1ccc(Cl)cc1. The number of nitrogens with zero attached hydrogens (tertiary/aromatic N) is 1. The Balaban J connectivity index is 2.49. The van der Waals surface area contributed by atoms with Crippen molar-refractivity contribution in [3.05, 3.63) is 34.9 Å². The lowest BCUT2D eigenvalue weighted by Crippen LogP contribution is -2.37. The Kier molecular flexibility index (Phi) is 5.44. The van der Waals surface area contributed by atoms with E-state index in [0.29, 0.717) is 0 Å². The van der Waals surface area contributed by atoms with Gasteiger partial charge in [0, 0.05) is 24.7 Å². The first kappa shape index (κ1) is 14.5. The summed E-state index contributed by atoms with van der Waals surface area (Å²) in [6.45, 7) is 7.61. The molecule has 96 valence electrons. The van der Waals surface area contributed by atoms with Gasteiger partial charge in [0.1, 0.15) is 0 Å². The Hall–Kier alpha value is -0.570. The molecule has 1 aromatic carbocycles. The smallest absolute Gasteiger partial charge is 0.0406 e. The first-order valence-electron chi connectivity index (χ1n) is 6.00. The molecular formula is C14H23ClN2. The Bertz CT molecular complexity index is 333. The fourth-order valence-electron chi connectivity index (χ4n) is 2.22. The van der Waals surface area contributed by atoms with E-state index in [9.17, 15) is 0 Å². The van der Waals surface area contributed by atoms with Crippen LogP contribution in [0.5, 0.6) is 0 Å². The summed E-state index contributed by atoms with van der Waals surface area (Å²) in [6.07, 6.45) is 0. The highest BCUT2D eigenvalue weighted by Gasteiger charge is 2.18. The van der Waals surface area contributed by atoms with Crippen LogP contribution in [0.3, 0.4) is 0 Å². The second-order valence-electron chi connectivity index (χ2n) is 5.49. The van der Waals surface area contributed by atoms with E-state index in [1.54, 1.807) is 0 Å². The lowest BCUT2D eigenvalue weighted by atomic mass is 9.93. The van der Waals surface area contributed by atoms with Gasteiger partial charge in [-0.2, -0.15) is 0 Å². The van der Waals surface area contributed by atoms with Crippen LogP contribution in [-0.4, -0.2) is 32.1 Å². The maximum absolute atomic E-state index is 5.87. The number of benzene rings is 1. The fraction of sp³-hybridized carbons (Fsp3) is 0.571. The summed E-state index contributed by atoms with van der Waals surface area (Å²) in [5.41, 5.74) is 1.59. The van der Waals surface area contributed by atoms with Crippen LogP contribution >= 0.6 is 11.6 Å². The zero-order valence-electron chi connectivity index (χ0n) is 11.3. The van der Waals surface area contributed by atoms with Gasteiger partial charge in [-0.3, -0.25) is 0 Å². The zero-order chi connectivity index (χ0) is 12.9. The second-order valence-corrected chi connectivity index (χ2v) is 5.93. The number of nitrogens with one attached hydrogen (secondary N) is 1. The molecular weight excluding hydrogens is 232 g/mol. The molecule has 1 N–H and O–H groups in total. The summed E-state index contributed by atoms with van der Waals surface area (Å²) >= 11 is 5.87. The fourth-order valence-corrected chi connectivity index (χ4v) is 2.35. The molecule has 2 nitrogen and oxygen atoms in total.